The Bertz CT molecular complexity index is 880. The zero-order valence-electron chi connectivity index (χ0n) is 13.0. The Morgan fingerprint density at radius 2 is 1.67 bits per heavy atom. The number of nitrogens with one attached hydrogen (secondary N) is 1. The molecule has 1 heterocycles. The number of aromatic nitrogens is 2. The number of anilines is 1. The maximum atomic E-state index is 12.9. The maximum Gasteiger partial charge on any atom is 0.433 e. The Morgan fingerprint density at radius 1 is 1.00 bits per heavy atom. The normalized spacial score (nSPS) is 11.9. The minimum atomic E-state index is -4.88. The molecule has 0 aliphatic carbocycles. The summed E-state index contributed by atoms with van der Waals surface area (Å²) >= 11 is 0. The molecule has 0 unspecified atom stereocenters. The fourth-order valence-corrected chi connectivity index (χ4v) is 2.03. The second kappa shape index (κ2) is 7.21. The minimum absolute atomic E-state index is 0.360. The van der Waals surface area contributed by atoms with Crippen molar-refractivity contribution in [2.45, 2.75) is 18.8 Å². The molecule has 1 aromatic heterocycles. The van der Waals surface area contributed by atoms with E-state index in [4.69, 9.17) is 0 Å². The van der Waals surface area contributed by atoms with E-state index in [0.29, 0.717) is 24.5 Å². The molecule has 144 valence electrons. The summed E-state index contributed by atoms with van der Waals surface area (Å²) in [6.07, 6.45) is -10.3. The first-order chi connectivity index (χ1) is 12.4. The Labute approximate surface area is 146 Å². The van der Waals surface area contributed by atoms with Crippen molar-refractivity contribution in [3.63, 3.8) is 0 Å². The lowest BCUT2D eigenvalue weighted by Crippen LogP contribution is -2.28. The second-order valence-electron chi connectivity index (χ2n) is 5.14. The van der Waals surface area contributed by atoms with Crippen LogP contribution in [0.4, 0.5) is 32.0 Å². The highest BCUT2D eigenvalue weighted by molar-refractivity contribution is 6.02. The van der Waals surface area contributed by atoms with Gasteiger partial charge in [0.1, 0.15) is 12.0 Å². The number of carboxylic acid groups (broad SMARTS) is 1. The highest BCUT2D eigenvalue weighted by Crippen LogP contribution is 2.37. The fraction of sp³-hybridized carbons (Fsp3) is 0.200. The average molecular weight is 392 g/mol. The van der Waals surface area contributed by atoms with Crippen molar-refractivity contribution in [1.82, 2.24) is 9.97 Å². The van der Waals surface area contributed by atoms with Gasteiger partial charge in [-0.15, -0.1) is 0 Å². The smallest absolute Gasteiger partial charge is 0.433 e. The van der Waals surface area contributed by atoms with Crippen LogP contribution in [0.3, 0.4) is 0 Å². The standard InChI is InChI=1S/C15H9F6N3O3/c16-14(17,18)7-1-2-9(24-12(25)5-13(26)27)8(3-7)10-4-11(15(19,20)21)23-6-22-10/h1-4,6H,5H2,(H,24,25)(H,26,27)/p-1. The van der Waals surface area contributed by atoms with E-state index in [9.17, 15) is 41.0 Å². The molecule has 0 saturated carbocycles. The molecule has 12 heteroatoms. The van der Waals surface area contributed by atoms with Gasteiger partial charge in [0, 0.05) is 5.56 Å². The van der Waals surface area contributed by atoms with Gasteiger partial charge in [-0.25, -0.2) is 9.97 Å². The van der Waals surface area contributed by atoms with E-state index < -0.39 is 53.2 Å². The molecule has 0 aliphatic heterocycles. The first-order valence-corrected chi connectivity index (χ1v) is 6.98. The first-order valence-electron chi connectivity index (χ1n) is 6.98. The Kier molecular flexibility index (Phi) is 5.38. The molecular formula is C15H8F6N3O3-. The van der Waals surface area contributed by atoms with E-state index in [1.807, 2.05) is 5.32 Å². The number of halogens is 6. The third kappa shape index (κ3) is 5.15. The van der Waals surface area contributed by atoms with Crippen molar-refractivity contribution in [2.24, 2.45) is 0 Å². The van der Waals surface area contributed by atoms with Crippen molar-refractivity contribution in [3.05, 3.63) is 41.9 Å². The monoisotopic (exact) mass is 392 g/mol. The van der Waals surface area contributed by atoms with Crippen LogP contribution in [-0.2, 0) is 21.9 Å². The molecule has 0 spiro atoms. The molecule has 0 bridgehead atoms. The van der Waals surface area contributed by atoms with Crippen molar-refractivity contribution in [3.8, 4) is 11.3 Å². The summed E-state index contributed by atoms with van der Waals surface area (Å²) in [6.45, 7) is 0. The van der Waals surface area contributed by atoms with Gasteiger partial charge in [0.2, 0.25) is 5.91 Å². The summed E-state index contributed by atoms with van der Waals surface area (Å²) in [5.74, 6) is -2.89. The number of hydrogen-bond acceptors (Lipinski definition) is 5. The van der Waals surface area contributed by atoms with Gasteiger partial charge in [0.25, 0.3) is 0 Å². The largest absolute Gasteiger partial charge is 0.550 e. The number of rotatable bonds is 4. The first kappa shape index (κ1) is 20.1. The molecule has 0 aliphatic rings. The third-order valence-corrected chi connectivity index (χ3v) is 3.16. The van der Waals surface area contributed by atoms with Crippen molar-refractivity contribution in [2.75, 3.05) is 5.32 Å². The van der Waals surface area contributed by atoms with Crippen molar-refractivity contribution in [1.29, 1.82) is 0 Å². The number of benzene rings is 1. The highest BCUT2D eigenvalue weighted by Gasteiger charge is 2.34. The van der Waals surface area contributed by atoms with E-state index in [1.165, 1.54) is 0 Å². The van der Waals surface area contributed by atoms with Crippen molar-refractivity contribution < 1.29 is 41.0 Å². The summed E-state index contributed by atoms with van der Waals surface area (Å²) < 4.78 is 77.2. The molecule has 0 fully saturated rings. The summed E-state index contributed by atoms with van der Waals surface area (Å²) in [5.41, 5.74) is -4.02. The number of hydrogen-bond donors (Lipinski definition) is 1. The van der Waals surface area contributed by atoms with Crippen LogP contribution in [0.25, 0.3) is 11.3 Å². The molecule has 1 N–H and O–H groups in total. The molecule has 2 rings (SSSR count). The maximum absolute atomic E-state index is 12.9. The van der Waals surface area contributed by atoms with E-state index >= 15 is 0 Å². The van der Waals surface area contributed by atoms with E-state index in [2.05, 4.69) is 9.97 Å². The lowest BCUT2D eigenvalue weighted by Gasteiger charge is -2.15. The summed E-state index contributed by atoms with van der Waals surface area (Å²) in [7, 11) is 0. The minimum Gasteiger partial charge on any atom is -0.550 e. The summed E-state index contributed by atoms with van der Waals surface area (Å²) in [4.78, 5) is 28.5. The summed E-state index contributed by atoms with van der Waals surface area (Å²) in [6, 6.07) is 2.24. The topological polar surface area (TPSA) is 95.0 Å². The third-order valence-electron chi connectivity index (χ3n) is 3.16. The Morgan fingerprint density at radius 3 is 2.22 bits per heavy atom. The van der Waals surface area contributed by atoms with Gasteiger partial charge in [-0.1, -0.05) is 0 Å². The van der Waals surface area contributed by atoms with Crippen LogP contribution < -0.4 is 10.4 Å². The molecule has 0 saturated heterocycles. The van der Waals surface area contributed by atoms with Crippen LogP contribution in [0.1, 0.15) is 17.7 Å². The molecule has 1 aromatic carbocycles. The molecule has 6 nitrogen and oxygen atoms in total. The van der Waals surface area contributed by atoms with Crippen LogP contribution in [0.5, 0.6) is 0 Å². The van der Waals surface area contributed by atoms with Crippen LogP contribution in [-0.4, -0.2) is 21.8 Å². The highest BCUT2D eigenvalue weighted by atomic mass is 19.4. The molecule has 0 atom stereocenters. The molecule has 27 heavy (non-hydrogen) atoms. The summed E-state index contributed by atoms with van der Waals surface area (Å²) in [5, 5.41) is 12.4. The second-order valence-corrected chi connectivity index (χ2v) is 5.14. The lowest BCUT2D eigenvalue weighted by atomic mass is 10.0. The molecule has 1 amide bonds. The van der Waals surface area contributed by atoms with Crippen molar-refractivity contribution >= 4 is 17.6 Å². The number of carbonyl (C=O) groups excluding carboxylic acids is 2. The Hall–Kier alpha value is -3.18. The van der Waals surface area contributed by atoms with Gasteiger partial charge in [-0.05, 0) is 24.3 Å². The van der Waals surface area contributed by atoms with Gasteiger partial charge in [0.15, 0.2) is 0 Å². The number of nitrogens with zero attached hydrogens (tertiary/aromatic N) is 2. The number of amides is 1. The van der Waals surface area contributed by atoms with E-state index in [1.54, 1.807) is 0 Å². The van der Waals surface area contributed by atoms with Crippen LogP contribution >= 0.6 is 0 Å². The molecule has 0 radical (unpaired) electrons. The van der Waals surface area contributed by atoms with Crippen LogP contribution in [0, 0.1) is 0 Å². The van der Waals surface area contributed by atoms with Gasteiger partial charge >= 0.3 is 12.4 Å². The van der Waals surface area contributed by atoms with Crippen LogP contribution in [0.2, 0.25) is 0 Å². The van der Waals surface area contributed by atoms with Gasteiger partial charge in [0.05, 0.1) is 29.3 Å². The van der Waals surface area contributed by atoms with Gasteiger partial charge in [-0.2, -0.15) is 26.3 Å². The molecular weight excluding hydrogens is 384 g/mol. The number of alkyl halides is 6. The van der Waals surface area contributed by atoms with Gasteiger partial charge in [-0.3, -0.25) is 4.79 Å². The SMILES string of the molecule is O=C([O-])CC(=O)Nc1ccc(C(F)(F)F)cc1-c1cc(C(F)(F)F)ncn1. The zero-order chi connectivity index (χ0) is 20.4. The average Bonchev–Trinajstić information content (AvgIpc) is 2.52. The number of carboxylic acids is 1. The van der Waals surface area contributed by atoms with Crippen LogP contribution in [0.15, 0.2) is 30.6 Å². The predicted octanol–water partition coefficient (Wildman–Crippen LogP) is 2.26. The lowest BCUT2D eigenvalue weighted by molar-refractivity contribution is -0.304. The van der Waals surface area contributed by atoms with Gasteiger partial charge < -0.3 is 15.2 Å². The number of carbonyl (C=O) groups is 2. The van der Waals surface area contributed by atoms with E-state index in [0.717, 1.165) is 6.07 Å². The number of aliphatic carboxylic acids is 1. The van der Waals surface area contributed by atoms with E-state index in [-0.39, 0.29) is 5.69 Å². The predicted molar refractivity (Wildman–Crippen MR) is 75.7 cm³/mol. The Balaban J connectivity index is 2.57. The quantitative estimate of drug-likeness (QED) is 0.636. The zero-order valence-corrected chi connectivity index (χ0v) is 13.0. The fourth-order valence-electron chi connectivity index (χ4n) is 2.03. The molecule has 2 aromatic rings.